The molecule has 0 saturated carbocycles. The maximum Gasteiger partial charge on any atom is 0.199 e. The van der Waals surface area contributed by atoms with Crippen molar-refractivity contribution in [2.45, 2.75) is 46.8 Å². The summed E-state index contributed by atoms with van der Waals surface area (Å²) >= 11 is 0. The first-order valence-corrected chi connectivity index (χ1v) is 6.42. The molecule has 3 nitrogen and oxygen atoms in total. The third-order valence-electron chi connectivity index (χ3n) is 1.99. The third kappa shape index (κ3) is 6.17. The highest BCUT2D eigenvalue weighted by atomic mass is 16.7. The highest BCUT2D eigenvalue weighted by molar-refractivity contribution is 5.30. The van der Waals surface area contributed by atoms with E-state index in [1.54, 1.807) is 24.3 Å². The van der Waals surface area contributed by atoms with E-state index in [-0.39, 0.29) is 12.0 Å². The zero-order valence-corrected chi connectivity index (χ0v) is 11.3. The Kier molecular flexibility index (Phi) is 9.25. The minimum atomic E-state index is -0.107. The van der Waals surface area contributed by atoms with Gasteiger partial charge in [0.1, 0.15) is 11.5 Å². The molecule has 1 aromatic carbocycles. The number of aromatic hydroxyl groups is 1. The van der Waals surface area contributed by atoms with Gasteiger partial charge in [0.2, 0.25) is 0 Å². The Balaban J connectivity index is 0.000000581. The smallest absolute Gasteiger partial charge is 0.199 e. The second kappa shape index (κ2) is 9.97. The average molecular weight is 240 g/mol. The van der Waals surface area contributed by atoms with E-state index in [2.05, 4.69) is 0 Å². The fourth-order valence-electron chi connectivity index (χ4n) is 1.32. The quantitative estimate of drug-likeness (QED) is 0.850. The molecule has 1 unspecified atom stereocenters. The molecule has 1 heterocycles. The molecule has 0 bridgehead atoms. The topological polar surface area (TPSA) is 38.7 Å². The van der Waals surface area contributed by atoms with Crippen LogP contribution < -0.4 is 4.74 Å². The number of rotatable bonds is 2. The van der Waals surface area contributed by atoms with Crippen LogP contribution in [0.25, 0.3) is 0 Å². The maximum absolute atomic E-state index is 9.03. The summed E-state index contributed by atoms with van der Waals surface area (Å²) in [5.41, 5.74) is 0. The predicted octanol–water partition coefficient (Wildman–Crippen LogP) is 3.96. The van der Waals surface area contributed by atoms with Crippen LogP contribution >= 0.6 is 0 Å². The van der Waals surface area contributed by atoms with Gasteiger partial charge >= 0.3 is 0 Å². The van der Waals surface area contributed by atoms with Crippen molar-refractivity contribution in [2.24, 2.45) is 0 Å². The monoisotopic (exact) mass is 240 g/mol. The first kappa shape index (κ1) is 15.8. The standard InChI is InChI=1S/C10H12O3.2C2H6/c11-8-3-5-9(6-4-8)13-10-2-1-7-12-10;2*1-2/h3-6,10-11H,1-2,7H2;2*1-2H3. The Labute approximate surface area is 104 Å². The molecule has 0 amide bonds. The van der Waals surface area contributed by atoms with Crippen molar-refractivity contribution in [3.8, 4) is 11.5 Å². The normalized spacial score (nSPS) is 17.3. The highest BCUT2D eigenvalue weighted by Gasteiger charge is 2.16. The van der Waals surface area contributed by atoms with Gasteiger partial charge < -0.3 is 14.6 Å². The number of hydrogen-bond donors (Lipinski definition) is 1. The van der Waals surface area contributed by atoms with Crippen LogP contribution in [0.2, 0.25) is 0 Å². The van der Waals surface area contributed by atoms with Crippen LogP contribution in [0.1, 0.15) is 40.5 Å². The maximum atomic E-state index is 9.03. The molecular formula is C14H24O3. The van der Waals surface area contributed by atoms with Crippen LogP contribution in [-0.4, -0.2) is 18.0 Å². The minimum Gasteiger partial charge on any atom is -0.508 e. The molecule has 1 fully saturated rings. The molecular weight excluding hydrogens is 216 g/mol. The predicted molar refractivity (Wildman–Crippen MR) is 70.4 cm³/mol. The van der Waals surface area contributed by atoms with E-state index in [0.717, 1.165) is 25.2 Å². The van der Waals surface area contributed by atoms with Crippen LogP contribution in [0.4, 0.5) is 0 Å². The number of phenols is 1. The van der Waals surface area contributed by atoms with Gasteiger partial charge in [-0.25, -0.2) is 0 Å². The lowest BCUT2D eigenvalue weighted by molar-refractivity contribution is -0.0390. The molecule has 1 atom stereocenters. The van der Waals surface area contributed by atoms with Gasteiger partial charge in [0.15, 0.2) is 6.29 Å². The summed E-state index contributed by atoms with van der Waals surface area (Å²) in [6.07, 6.45) is 1.90. The van der Waals surface area contributed by atoms with E-state index in [4.69, 9.17) is 14.6 Å². The summed E-state index contributed by atoms with van der Waals surface area (Å²) in [5.74, 6) is 0.990. The van der Waals surface area contributed by atoms with Crippen molar-refractivity contribution in [3.05, 3.63) is 24.3 Å². The second-order valence-electron chi connectivity index (χ2n) is 3.05. The van der Waals surface area contributed by atoms with Crippen molar-refractivity contribution >= 4 is 0 Å². The molecule has 98 valence electrons. The molecule has 0 aliphatic carbocycles. The van der Waals surface area contributed by atoms with Gasteiger partial charge in [-0.15, -0.1) is 0 Å². The third-order valence-corrected chi connectivity index (χ3v) is 1.99. The molecule has 0 radical (unpaired) electrons. The number of phenolic OH excluding ortho intramolecular Hbond substituents is 1. The van der Waals surface area contributed by atoms with Gasteiger partial charge in [0.25, 0.3) is 0 Å². The average Bonchev–Trinajstić information content (AvgIpc) is 2.90. The van der Waals surface area contributed by atoms with Gasteiger partial charge in [0, 0.05) is 6.42 Å². The number of ether oxygens (including phenoxy) is 2. The first-order valence-electron chi connectivity index (χ1n) is 6.42. The van der Waals surface area contributed by atoms with Crippen LogP contribution in [0.15, 0.2) is 24.3 Å². The largest absolute Gasteiger partial charge is 0.508 e. The van der Waals surface area contributed by atoms with E-state index in [9.17, 15) is 0 Å². The molecule has 1 aromatic rings. The van der Waals surface area contributed by atoms with E-state index in [1.807, 2.05) is 27.7 Å². The lowest BCUT2D eigenvalue weighted by Gasteiger charge is -2.12. The van der Waals surface area contributed by atoms with Gasteiger partial charge in [-0.2, -0.15) is 0 Å². The summed E-state index contributed by atoms with van der Waals surface area (Å²) in [7, 11) is 0. The minimum absolute atomic E-state index is 0.107. The fourth-order valence-corrected chi connectivity index (χ4v) is 1.32. The summed E-state index contributed by atoms with van der Waals surface area (Å²) in [6.45, 7) is 8.78. The molecule has 1 aliphatic rings. The summed E-state index contributed by atoms with van der Waals surface area (Å²) < 4.78 is 10.8. The molecule has 17 heavy (non-hydrogen) atoms. The fraction of sp³-hybridized carbons (Fsp3) is 0.571. The van der Waals surface area contributed by atoms with E-state index < -0.39 is 0 Å². The molecule has 2 rings (SSSR count). The SMILES string of the molecule is CC.CC.Oc1ccc(OC2CCCO2)cc1. The van der Waals surface area contributed by atoms with Crippen molar-refractivity contribution in [1.82, 2.24) is 0 Å². The molecule has 0 aromatic heterocycles. The van der Waals surface area contributed by atoms with Crippen LogP contribution in [0.3, 0.4) is 0 Å². The molecule has 1 saturated heterocycles. The van der Waals surface area contributed by atoms with E-state index >= 15 is 0 Å². The lowest BCUT2D eigenvalue weighted by atomic mass is 10.3. The number of hydrogen-bond acceptors (Lipinski definition) is 3. The molecule has 3 heteroatoms. The van der Waals surface area contributed by atoms with Crippen LogP contribution in [0, 0.1) is 0 Å². The molecule has 1 aliphatic heterocycles. The Morgan fingerprint density at radius 2 is 1.71 bits per heavy atom. The summed E-state index contributed by atoms with van der Waals surface area (Å²) in [5, 5.41) is 9.03. The van der Waals surface area contributed by atoms with Crippen molar-refractivity contribution in [3.63, 3.8) is 0 Å². The van der Waals surface area contributed by atoms with E-state index in [0.29, 0.717) is 0 Å². The van der Waals surface area contributed by atoms with Gasteiger partial charge in [-0.05, 0) is 30.7 Å². The molecule has 0 spiro atoms. The highest BCUT2D eigenvalue weighted by Crippen LogP contribution is 2.21. The zero-order chi connectivity index (χ0) is 13.1. The number of benzene rings is 1. The zero-order valence-electron chi connectivity index (χ0n) is 11.3. The molecule has 1 N–H and O–H groups in total. The van der Waals surface area contributed by atoms with E-state index in [1.165, 1.54) is 0 Å². The van der Waals surface area contributed by atoms with Crippen LogP contribution in [0.5, 0.6) is 11.5 Å². The Hall–Kier alpha value is -1.22. The Morgan fingerprint density at radius 3 is 2.18 bits per heavy atom. The van der Waals surface area contributed by atoms with Crippen molar-refractivity contribution < 1.29 is 14.6 Å². The summed E-state index contributed by atoms with van der Waals surface area (Å²) in [6, 6.07) is 6.67. The Morgan fingerprint density at radius 1 is 1.12 bits per heavy atom. The van der Waals surface area contributed by atoms with Gasteiger partial charge in [-0.1, -0.05) is 27.7 Å². The van der Waals surface area contributed by atoms with Crippen molar-refractivity contribution in [2.75, 3.05) is 6.61 Å². The van der Waals surface area contributed by atoms with Crippen LogP contribution in [-0.2, 0) is 4.74 Å². The van der Waals surface area contributed by atoms with Gasteiger partial charge in [0.05, 0.1) is 6.61 Å². The van der Waals surface area contributed by atoms with Crippen molar-refractivity contribution in [1.29, 1.82) is 0 Å². The lowest BCUT2D eigenvalue weighted by Crippen LogP contribution is -2.13. The Bertz CT molecular complexity index is 263. The van der Waals surface area contributed by atoms with Gasteiger partial charge in [-0.3, -0.25) is 0 Å². The second-order valence-corrected chi connectivity index (χ2v) is 3.05. The first-order chi connectivity index (χ1) is 8.34. The summed E-state index contributed by atoms with van der Waals surface area (Å²) in [4.78, 5) is 0.